The topological polar surface area (TPSA) is 68.5 Å². The molecule has 0 radical (unpaired) electrons. The number of ether oxygens (including phenoxy) is 1. The number of piperidine rings is 1. The molecule has 1 saturated heterocycles. The van der Waals surface area contributed by atoms with Crippen molar-refractivity contribution in [1.82, 2.24) is 15.0 Å². The smallest absolute Gasteiger partial charge is 0.254 e. The lowest BCUT2D eigenvalue weighted by molar-refractivity contribution is 0.0561. The summed E-state index contributed by atoms with van der Waals surface area (Å²) in [6, 6.07) is 15.2. The summed E-state index contributed by atoms with van der Waals surface area (Å²) in [6.45, 7) is 5.55. The molecule has 0 unspecified atom stereocenters. The highest BCUT2D eigenvalue weighted by atomic mass is 16.5. The first-order chi connectivity index (χ1) is 15.2. The highest BCUT2D eigenvalue weighted by Crippen LogP contribution is 2.32. The molecule has 0 aliphatic carbocycles. The van der Waals surface area contributed by atoms with Gasteiger partial charge in [0.15, 0.2) is 0 Å². The summed E-state index contributed by atoms with van der Waals surface area (Å²) in [4.78, 5) is 19.8. The fraction of sp³-hybridized carbons (Fsp3) is 0.400. The van der Waals surface area contributed by atoms with Gasteiger partial charge in [-0.15, -0.1) is 0 Å². The molecule has 31 heavy (non-hydrogen) atoms. The number of carbonyl (C=O) groups excluding carboxylic acids is 1. The van der Waals surface area contributed by atoms with Crippen molar-refractivity contribution in [1.29, 1.82) is 0 Å². The van der Waals surface area contributed by atoms with Crippen LogP contribution in [0.1, 0.15) is 66.9 Å². The minimum absolute atomic E-state index is 0.0140. The quantitative estimate of drug-likeness (QED) is 0.467. The SMILES string of the molecule is CCCCOc1ccc(C(=O)N2CCCC[C@@H]2c2nc(-c3ccc(C)cc3)no2)cc1. The Morgan fingerprint density at radius 2 is 1.90 bits per heavy atom. The van der Waals surface area contributed by atoms with Crippen molar-refractivity contribution in [2.75, 3.05) is 13.2 Å². The van der Waals surface area contributed by atoms with E-state index < -0.39 is 0 Å². The molecule has 0 spiro atoms. The second-order valence-corrected chi connectivity index (χ2v) is 8.06. The zero-order valence-corrected chi connectivity index (χ0v) is 18.2. The number of nitrogens with zero attached hydrogens (tertiary/aromatic N) is 3. The summed E-state index contributed by atoms with van der Waals surface area (Å²) >= 11 is 0. The molecule has 2 heterocycles. The molecule has 1 fully saturated rings. The molecule has 0 bridgehead atoms. The average molecular weight is 420 g/mol. The molecule has 0 N–H and O–H groups in total. The second-order valence-electron chi connectivity index (χ2n) is 8.06. The van der Waals surface area contributed by atoms with Crippen LogP contribution in [0.5, 0.6) is 5.75 Å². The Labute approximate surface area is 183 Å². The molecule has 1 aromatic heterocycles. The largest absolute Gasteiger partial charge is 0.494 e. The minimum Gasteiger partial charge on any atom is -0.494 e. The Morgan fingerprint density at radius 1 is 1.13 bits per heavy atom. The summed E-state index contributed by atoms with van der Waals surface area (Å²) < 4.78 is 11.3. The standard InChI is InChI=1S/C25H29N3O3/c1-3-4-17-30-21-14-12-20(13-15-21)25(29)28-16-6-5-7-22(28)24-26-23(27-31-24)19-10-8-18(2)9-11-19/h8-15,22H,3-7,16-17H2,1-2H3/t22-/m1/s1. The third-order valence-corrected chi connectivity index (χ3v) is 5.67. The van der Waals surface area contributed by atoms with Crippen LogP contribution in [0, 0.1) is 6.92 Å². The van der Waals surface area contributed by atoms with E-state index in [1.807, 2.05) is 60.4 Å². The Bertz CT molecular complexity index is 996. The fourth-order valence-corrected chi connectivity index (χ4v) is 3.82. The summed E-state index contributed by atoms with van der Waals surface area (Å²) in [7, 11) is 0. The van der Waals surface area contributed by atoms with E-state index in [4.69, 9.17) is 9.26 Å². The zero-order valence-electron chi connectivity index (χ0n) is 18.2. The van der Waals surface area contributed by atoms with Gasteiger partial charge in [0.05, 0.1) is 6.61 Å². The maximum absolute atomic E-state index is 13.3. The first-order valence-electron chi connectivity index (χ1n) is 11.1. The number of hydrogen-bond acceptors (Lipinski definition) is 5. The van der Waals surface area contributed by atoms with Crippen LogP contribution in [-0.2, 0) is 0 Å². The first kappa shape index (κ1) is 21.1. The number of hydrogen-bond donors (Lipinski definition) is 0. The third kappa shape index (κ3) is 4.95. The first-order valence-corrected chi connectivity index (χ1v) is 11.1. The van der Waals surface area contributed by atoms with Crippen molar-refractivity contribution in [3.8, 4) is 17.1 Å². The van der Waals surface area contributed by atoms with Crippen LogP contribution in [0.2, 0.25) is 0 Å². The molecule has 0 saturated carbocycles. The molecule has 1 atom stereocenters. The lowest BCUT2D eigenvalue weighted by atomic mass is 10.0. The predicted octanol–water partition coefficient (Wildman–Crippen LogP) is 5.59. The molecule has 2 aromatic carbocycles. The fourth-order valence-electron chi connectivity index (χ4n) is 3.82. The zero-order chi connectivity index (χ0) is 21.6. The normalized spacial score (nSPS) is 16.3. The van der Waals surface area contributed by atoms with Crippen LogP contribution in [0.25, 0.3) is 11.4 Å². The van der Waals surface area contributed by atoms with Crippen molar-refractivity contribution in [3.05, 3.63) is 65.5 Å². The molecule has 3 aromatic rings. The third-order valence-electron chi connectivity index (χ3n) is 5.67. The lowest BCUT2D eigenvalue weighted by Crippen LogP contribution is -2.38. The molecule has 1 aliphatic rings. The molecule has 6 heteroatoms. The molecular formula is C25H29N3O3. The van der Waals surface area contributed by atoms with E-state index in [2.05, 4.69) is 17.1 Å². The van der Waals surface area contributed by atoms with Crippen molar-refractivity contribution in [2.24, 2.45) is 0 Å². The summed E-state index contributed by atoms with van der Waals surface area (Å²) in [5, 5.41) is 4.16. The molecule has 4 rings (SSSR count). The van der Waals surface area contributed by atoms with Crippen molar-refractivity contribution in [3.63, 3.8) is 0 Å². The monoisotopic (exact) mass is 419 g/mol. The summed E-state index contributed by atoms with van der Waals surface area (Å²) in [6.07, 6.45) is 4.93. The number of amides is 1. The highest BCUT2D eigenvalue weighted by Gasteiger charge is 2.32. The second kappa shape index (κ2) is 9.77. The van der Waals surface area contributed by atoms with Gasteiger partial charge < -0.3 is 14.2 Å². The molecular weight excluding hydrogens is 390 g/mol. The summed E-state index contributed by atoms with van der Waals surface area (Å²) in [5.74, 6) is 1.84. The van der Waals surface area contributed by atoms with Gasteiger partial charge in [-0.25, -0.2) is 0 Å². The maximum Gasteiger partial charge on any atom is 0.254 e. The average Bonchev–Trinajstić information content (AvgIpc) is 3.30. The van der Waals surface area contributed by atoms with Gasteiger partial charge in [-0.2, -0.15) is 4.98 Å². The minimum atomic E-state index is -0.201. The van der Waals surface area contributed by atoms with E-state index in [9.17, 15) is 4.79 Å². The van der Waals surface area contributed by atoms with Crippen molar-refractivity contribution < 1.29 is 14.1 Å². The highest BCUT2D eigenvalue weighted by molar-refractivity contribution is 5.94. The number of rotatable bonds is 7. The van der Waals surface area contributed by atoms with Gasteiger partial charge in [-0.3, -0.25) is 4.79 Å². The number of aromatic nitrogens is 2. The van der Waals surface area contributed by atoms with Crippen molar-refractivity contribution in [2.45, 2.75) is 52.0 Å². The Hall–Kier alpha value is -3.15. The molecule has 1 aliphatic heterocycles. The Balaban J connectivity index is 1.50. The van der Waals surface area contributed by atoms with Crippen LogP contribution in [0.3, 0.4) is 0 Å². The van der Waals surface area contributed by atoms with E-state index in [0.29, 0.717) is 30.4 Å². The van der Waals surface area contributed by atoms with Crippen LogP contribution in [0.15, 0.2) is 53.1 Å². The van der Waals surface area contributed by atoms with Crippen LogP contribution < -0.4 is 4.74 Å². The van der Waals surface area contributed by atoms with Gasteiger partial charge in [-0.05, 0) is 56.9 Å². The predicted molar refractivity (Wildman–Crippen MR) is 119 cm³/mol. The van der Waals surface area contributed by atoms with E-state index in [0.717, 1.165) is 43.4 Å². The molecule has 162 valence electrons. The number of unbranched alkanes of at least 4 members (excludes halogenated alkanes) is 1. The maximum atomic E-state index is 13.3. The number of carbonyl (C=O) groups is 1. The summed E-state index contributed by atoms with van der Waals surface area (Å²) in [5.41, 5.74) is 2.74. The van der Waals surface area contributed by atoms with Gasteiger partial charge in [-0.1, -0.05) is 48.3 Å². The van der Waals surface area contributed by atoms with Gasteiger partial charge in [0.1, 0.15) is 11.8 Å². The lowest BCUT2D eigenvalue weighted by Gasteiger charge is -2.33. The molecule has 1 amide bonds. The van der Waals surface area contributed by atoms with Crippen LogP contribution in [-0.4, -0.2) is 34.1 Å². The van der Waals surface area contributed by atoms with E-state index in [1.54, 1.807) is 0 Å². The van der Waals surface area contributed by atoms with E-state index in [-0.39, 0.29) is 11.9 Å². The van der Waals surface area contributed by atoms with Gasteiger partial charge in [0.2, 0.25) is 11.7 Å². The number of aryl methyl sites for hydroxylation is 1. The molecule has 6 nitrogen and oxygen atoms in total. The van der Waals surface area contributed by atoms with Gasteiger partial charge in [0, 0.05) is 17.7 Å². The van der Waals surface area contributed by atoms with Gasteiger partial charge >= 0.3 is 0 Å². The number of likely N-dealkylation sites (tertiary alicyclic amines) is 1. The van der Waals surface area contributed by atoms with Gasteiger partial charge in [0.25, 0.3) is 5.91 Å². The Morgan fingerprint density at radius 3 is 2.65 bits per heavy atom. The Kier molecular flexibility index (Phi) is 6.65. The van der Waals surface area contributed by atoms with E-state index in [1.165, 1.54) is 5.56 Å². The van der Waals surface area contributed by atoms with E-state index >= 15 is 0 Å². The van der Waals surface area contributed by atoms with Crippen LogP contribution in [0.4, 0.5) is 0 Å². The number of benzene rings is 2. The van der Waals surface area contributed by atoms with Crippen molar-refractivity contribution >= 4 is 5.91 Å². The van der Waals surface area contributed by atoms with Crippen LogP contribution >= 0.6 is 0 Å².